The first-order valence-electron chi connectivity index (χ1n) is 7.23. The fourth-order valence-electron chi connectivity index (χ4n) is 2.04. The molecule has 0 amide bonds. The Bertz CT molecular complexity index is 802. The molecule has 0 spiro atoms. The number of benzene rings is 1. The third-order valence-corrected chi connectivity index (χ3v) is 4.05. The summed E-state index contributed by atoms with van der Waals surface area (Å²) < 4.78 is 44.8. The van der Waals surface area contributed by atoms with E-state index in [1.807, 2.05) is 0 Å². The number of hydrogen-bond donors (Lipinski definition) is 0. The topological polar surface area (TPSA) is 63.0 Å². The second-order valence-corrected chi connectivity index (χ2v) is 5.77. The van der Waals surface area contributed by atoms with Crippen molar-refractivity contribution in [3.63, 3.8) is 0 Å². The monoisotopic (exact) mass is 366 g/mol. The maximum Gasteiger partial charge on any atom is 0.417 e. The van der Waals surface area contributed by atoms with Crippen molar-refractivity contribution in [2.75, 3.05) is 12.4 Å². The summed E-state index contributed by atoms with van der Waals surface area (Å²) >= 11 is 0.751. The van der Waals surface area contributed by atoms with Gasteiger partial charge in [-0.3, -0.25) is 4.79 Å². The number of carbonyl (C=O) groups is 1. The lowest BCUT2D eigenvalue weighted by Crippen LogP contribution is -2.12. The van der Waals surface area contributed by atoms with Gasteiger partial charge in [0.2, 0.25) is 0 Å². The van der Waals surface area contributed by atoms with Crippen molar-refractivity contribution in [3.8, 4) is 17.3 Å². The molecule has 0 saturated heterocycles. The Morgan fingerprint density at radius 2 is 2.00 bits per heavy atom. The van der Waals surface area contributed by atoms with E-state index in [1.165, 1.54) is 0 Å². The normalized spacial score (nSPS) is 11.0. The van der Waals surface area contributed by atoms with Gasteiger partial charge in [-0.05, 0) is 13.0 Å². The van der Waals surface area contributed by atoms with Gasteiger partial charge < -0.3 is 4.74 Å². The minimum atomic E-state index is -4.71. The van der Waals surface area contributed by atoms with Gasteiger partial charge in [0.25, 0.3) is 0 Å². The van der Waals surface area contributed by atoms with Gasteiger partial charge in [0.15, 0.2) is 0 Å². The minimum absolute atomic E-state index is 0.0817. The Kier molecular flexibility index (Phi) is 6.04. The fourth-order valence-corrected chi connectivity index (χ4v) is 2.85. The molecule has 0 N–H and O–H groups in total. The van der Waals surface area contributed by atoms with E-state index in [-0.39, 0.29) is 23.1 Å². The number of carbonyl (C=O) groups excluding carboxylic acids is 1. The number of pyridine rings is 1. The quantitative estimate of drug-likeness (QED) is 0.583. The number of alkyl halides is 3. The van der Waals surface area contributed by atoms with Crippen LogP contribution in [0.5, 0.6) is 0 Å². The van der Waals surface area contributed by atoms with Crippen LogP contribution in [0.2, 0.25) is 0 Å². The number of thioether (sulfide) groups is 1. The number of nitrogens with zero attached hydrogens (tertiary/aromatic N) is 2. The molecular formula is C17H13F3N2O2S. The van der Waals surface area contributed by atoms with E-state index in [1.54, 1.807) is 43.3 Å². The molecule has 1 aromatic carbocycles. The Morgan fingerprint density at radius 1 is 1.32 bits per heavy atom. The molecule has 0 radical (unpaired) electrons. The van der Waals surface area contributed by atoms with E-state index in [0.717, 1.165) is 17.8 Å². The van der Waals surface area contributed by atoms with Crippen molar-refractivity contribution in [3.05, 3.63) is 47.5 Å². The predicted octanol–water partition coefficient (Wildman–Crippen LogP) is 4.29. The van der Waals surface area contributed by atoms with Crippen LogP contribution >= 0.6 is 11.8 Å². The fraction of sp³-hybridized carbons (Fsp3) is 0.235. The van der Waals surface area contributed by atoms with Crippen molar-refractivity contribution >= 4 is 17.7 Å². The molecule has 25 heavy (non-hydrogen) atoms. The van der Waals surface area contributed by atoms with Crippen LogP contribution in [-0.2, 0) is 15.7 Å². The lowest BCUT2D eigenvalue weighted by molar-refractivity contribution is -0.140. The van der Waals surface area contributed by atoms with Gasteiger partial charge >= 0.3 is 12.1 Å². The van der Waals surface area contributed by atoms with E-state index in [9.17, 15) is 23.2 Å². The molecule has 8 heteroatoms. The summed E-state index contributed by atoms with van der Waals surface area (Å²) in [5.41, 5.74) is -1.11. The van der Waals surface area contributed by atoms with Gasteiger partial charge in [-0.25, -0.2) is 4.98 Å². The average molecular weight is 366 g/mol. The Balaban J connectivity index is 2.52. The van der Waals surface area contributed by atoms with Crippen molar-refractivity contribution in [2.45, 2.75) is 18.1 Å². The summed E-state index contributed by atoms with van der Waals surface area (Å²) in [6, 6.07) is 10.7. The SMILES string of the molecule is CCOC(=O)CSc1nc(-c2ccccc2)cc(C(F)(F)F)c1C#N. The lowest BCUT2D eigenvalue weighted by Gasteiger charge is -2.14. The predicted molar refractivity (Wildman–Crippen MR) is 86.7 cm³/mol. The van der Waals surface area contributed by atoms with Crippen molar-refractivity contribution in [1.29, 1.82) is 5.26 Å². The summed E-state index contributed by atoms with van der Waals surface area (Å²) in [5, 5.41) is 9.02. The van der Waals surface area contributed by atoms with Crippen LogP contribution in [-0.4, -0.2) is 23.3 Å². The molecular weight excluding hydrogens is 353 g/mol. The van der Waals surface area contributed by atoms with Crippen LogP contribution in [0.3, 0.4) is 0 Å². The standard InChI is InChI=1S/C17H13F3N2O2S/c1-2-24-15(23)10-25-16-12(9-21)13(17(18,19)20)8-14(22-16)11-6-4-3-5-7-11/h3-8H,2,10H2,1H3. The first-order chi connectivity index (χ1) is 11.9. The number of nitriles is 1. The first kappa shape index (κ1) is 18.8. The molecule has 0 aliphatic rings. The summed E-state index contributed by atoms with van der Waals surface area (Å²) in [6.45, 7) is 1.79. The second-order valence-electron chi connectivity index (χ2n) is 4.80. The van der Waals surface area contributed by atoms with Crippen molar-refractivity contribution in [2.24, 2.45) is 0 Å². The Hall–Kier alpha value is -2.53. The van der Waals surface area contributed by atoms with E-state index >= 15 is 0 Å². The largest absolute Gasteiger partial charge is 0.465 e. The highest BCUT2D eigenvalue weighted by atomic mass is 32.2. The summed E-state index contributed by atoms with van der Waals surface area (Å²) in [6.07, 6.45) is -4.71. The highest BCUT2D eigenvalue weighted by Gasteiger charge is 2.36. The van der Waals surface area contributed by atoms with Crippen LogP contribution in [0.4, 0.5) is 13.2 Å². The number of hydrogen-bond acceptors (Lipinski definition) is 5. The number of aromatic nitrogens is 1. The minimum Gasteiger partial charge on any atom is -0.465 e. The van der Waals surface area contributed by atoms with Crippen LogP contribution < -0.4 is 0 Å². The molecule has 130 valence electrons. The summed E-state index contributed by atoms with van der Waals surface area (Å²) in [5.74, 6) is -0.817. The molecule has 1 heterocycles. The molecule has 0 unspecified atom stereocenters. The molecule has 0 aliphatic carbocycles. The zero-order chi connectivity index (χ0) is 18.4. The van der Waals surface area contributed by atoms with E-state index in [4.69, 9.17) is 4.74 Å². The van der Waals surface area contributed by atoms with Gasteiger partial charge in [0.05, 0.1) is 29.2 Å². The molecule has 2 rings (SSSR count). The third kappa shape index (κ3) is 4.73. The van der Waals surface area contributed by atoms with Crippen molar-refractivity contribution < 1.29 is 22.7 Å². The van der Waals surface area contributed by atoms with Gasteiger partial charge in [0.1, 0.15) is 11.1 Å². The van der Waals surface area contributed by atoms with Gasteiger partial charge in [-0.2, -0.15) is 18.4 Å². The second kappa shape index (κ2) is 8.03. The molecule has 4 nitrogen and oxygen atoms in total. The smallest absolute Gasteiger partial charge is 0.417 e. The summed E-state index contributed by atoms with van der Waals surface area (Å²) in [7, 11) is 0. The lowest BCUT2D eigenvalue weighted by atomic mass is 10.1. The van der Waals surface area contributed by atoms with Gasteiger partial charge in [-0.1, -0.05) is 42.1 Å². The highest BCUT2D eigenvalue weighted by molar-refractivity contribution is 7.99. The van der Waals surface area contributed by atoms with E-state index in [0.29, 0.717) is 5.56 Å². The maximum absolute atomic E-state index is 13.4. The zero-order valence-electron chi connectivity index (χ0n) is 13.1. The van der Waals surface area contributed by atoms with Crippen LogP contribution in [0, 0.1) is 11.3 Å². The molecule has 0 fully saturated rings. The molecule has 0 saturated carbocycles. The number of halogens is 3. The third-order valence-electron chi connectivity index (χ3n) is 3.11. The van der Waals surface area contributed by atoms with Crippen LogP contribution in [0.25, 0.3) is 11.3 Å². The van der Waals surface area contributed by atoms with Gasteiger partial charge in [-0.15, -0.1) is 0 Å². The maximum atomic E-state index is 13.4. The molecule has 0 aliphatic heterocycles. The van der Waals surface area contributed by atoms with Crippen molar-refractivity contribution in [1.82, 2.24) is 4.98 Å². The zero-order valence-corrected chi connectivity index (χ0v) is 13.9. The average Bonchev–Trinajstić information content (AvgIpc) is 2.59. The highest BCUT2D eigenvalue weighted by Crippen LogP contribution is 2.37. The Labute approximate surface area is 146 Å². The van der Waals surface area contributed by atoms with E-state index in [2.05, 4.69) is 4.98 Å². The molecule has 2 aromatic rings. The van der Waals surface area contributed by atoms with Crippen LogP contribution in [0.15, 0.2) is 41.4 Å². The molecule has 1 aromatic heterocycles. The molecule has 0 bridgehead atoms. The summed E-state index contributed by atoms with van der Waals surface area (Å²) in [4.78, 5) is 15.6. The Morgan fingerprint density at radius 3 is 2.56 bits per heavy atom. The van der Waals surface area contributed by atoms with E-state index < -0.39 is 23.3 Å². The first-order valence-corrected chi connectivity index (χ1v) is 8.21. The molecule has 0 atom stereocenters. The van der Waals surface area contributed by atoms with Crippen LogP contribution in [0.1, 0.15) is 18.1 Å². The number of esters is 1. The van der Waals surface area contributed by atoms with Gasteiger partial charge in [0, 0.05) is 5.56 Å². The number of rotatable bonds is 5. The number of ether oxygens (including phenoxy) is 1.